The summed E-state index contributed by atoms with van der Waals surface area (Å²) in [4.78, 5) is 14.4. The van der Waals surface area contributed by atoms with E-state index in [2.05, 4.69) is 0 Å². The Morgan fingerprint density at radius 1 is 1.00 bits per heavy atom. The highest BCUT2D eigenvalue weighted by atomic mass is 32.2. The van der Waals surface area contributed by atoms with Crippen molar-refractivity contribution in [1.82, 2.24) is 4.31 Å². The predicted molar refractivity (Wildman–Crippen MR) is 107 cm³/mol. The largest absolute Gasteiger partial charge is 0.481 e. The Balaban J connectivity index is 1.51. The number of carbonyl (C=O) groups excluding carboxylic acids is 1. The quantitative estimate of drug-likeness (QED) is 0.723. The Morgan fingerprint density at radius 3 is 2.50 bits per heavy atom. The number of nitrogens with zero attached hydrogens (tertiary/aromatic N) is 2. The molecule has 0 N–H and O–H groups in total. The minimum atomic E-state index is -3.53. The maximum absolute atomic E-state index is 13.7. The van der Waals surface area contributed by atoms with E-state index in [9.17, 15) is 22.0 Å². The maximum Gasteiger partial charge on any atom is 0.264 e. The molecule has 2 aliphatic heterocycles. The second-order valence-electron chi connectivity index (χ2n) is 7.41. The summed E-state index contributed by atoms with van der Waals surface area (Å²) in [7, 11) is -3.53. The highest BCUT2D eigenvalue weighted by Gasteiger charge is 2.30. The van der Waals surface area contributed by atoms with Gasteiger partial charge in [0.15, 0.2) is 18.2 Å². The third-order valence-corrected chi connectivity index (χ3v) is 7.31. The number of hydrogen-bond acceptors (Lipinski definition) is 4. The van der Waals surface area contributed by atoms with E-state index in [1.165, 1.54) is 15.3 Å². The second-order valence-corrected chi connectivity index (χ2v) is 9.35. The highest BCUT2D eigenvalue weighted by Crippen LogP contribution is 2.31. The van der Waals surface area contributed by atoms with E-state index in [0.717, 1.165) is 30.5 Å². The molecule has 1 amide bonds. The van der Waals surface area contributed by atoms with Gasteiger partial charge in [-0.2, -0.15) is 4.31 Å². The van der Waals surface area contributed by atoms with Crippen molar-refractivity contribution in [2.75, 3.05) is 31.1 Å². The van der Waals surface area contributed by atoms with Crippen molar-refractivity contribution < 1.29 is 26.7 Å². The molecule has 30 heavy (non-hydrogen) atoms. The Bertz CT molecular complexity index is 1070. The third-order valence-electron chi connectivity index (χ3n) is 5.42. The lowest BCUT2D eigenvalue weighted by molar-refractivity contribution is -0.120. The zero-order chi connectivity index (χ0) is 21.3. The molecule has 0 saturated carbocycles. The zero-order valence-electron chi connectivity index (χ0n) is 16.3. The van der Waals surface area contributed by atoms with Gasteiger partial charge < -0.3 is 9.64 Å². The SMILES string of the molecule is O=C(COc1ccc(F)cc1F)N1CCCc2cc(S(=O)(=O)N3CCCC3)ccc21. The molecule has 0 radical (unpaired) electrons. The van der Waals surface area contributed by atoms with Crippen LogP contribution in [0.1, 0.15) is 24.8 Å². The normalized spacial score (nSPS) is 17.1. The van der Waals surface area contributed by atoms with E-state index in [4.69, 9.17) is 4.74 Å². The predicted octanol–water partition coefficient (Wildman–Crippen LogP) is 3.11. The van der Waals surface area contributed by atoms with Crippen LogP contribution in [0.3, 0.4) is 0 Å². The molecule has 2 aliphatic rings. The van der Waals surface area contributed by atoms with Crippen LogP contribution < -0.4 is 9.64 Å². The van der Waals surface area contributed by atoms with Crippen molar-refractivity contribution in [3.05, 3.63) is 53.6 Å². The maximum atomic E-state index is 13.7. The molecule has 9 heteroatoms. The number of carbonyl (C=O) groups is 1. The molecule has 0 bridgehead atoms. The summed E-state index contributed by atoms with van der Waals surface area (Å²) in [6.07, 6.45) is 3.06. The minimum Gasteiger partial charge on any atom is -0.481 e. The van der Waals surface area contributed by atoms with Gasteiger partial charge in [-0.15, -0.1) is 0 Å². The van der Waals surface area contributed by atoms with Gasteiger partial charge in [-0.3, -0.25) is 4.79 Å². The number of rotatable bonds is 5. The number of hydrogen-bond donors (Lipinski definition) is 0. The zero-order valence-corrected chi connectivity index (χ0v) is 17.1. The molecule has 0 spiro atoms. The topological polar surface area (TPSA) is 66.9 Å². The number of aryl methyl sites for hydroxylation is 1. The molecule has 0 unspecified atom stereocenters. The molecule has 6 nitrogen and oxygen atoms in total. The number of fused-ring (bicyclic) bond motifs is 1. The fourth-order valence-corrected chi connectivity index (χ4v) is 5.45. The van der Waals surface area contributed by atoms with E-state index in [1.807, 2.05) is 0 Å². The minimum absolute atomic E-state index is 0.200. The fourth-order valence-electron chi connectivity index (χ4n) is 3.88. The van der Waals surface area contributed by atoms with Crippen molar-refractivity contribution in [3.63, 3.8) is 0 Å². The summed E-state index contributed by atoms with van der Waals surface area (Å²) < 4.78 is 59.1. The van der Waals surface area contributed by atoms with Crippen LogP contribution in [0.2, 0.25) is 0 Å². The molecule has 2 aromatic rings. The van der Waals surface area contributed by atoms with Crippen LogP contribution in [-0.2, 0) is 21.2 Å². The van der Waals surface area contributed by atoms with Crippen LogP contribution in [0, 0.1) is 11.6 Å². The molecular weight excluding hydrogens is 414 g/mol. The van der Waals surface area contributed by atoms with Crippen LogP contribution >= 0.6 is 0 Å². The number of amides is 1. The number of sulfonamides is 1. The second kappa shape index (κ2) is 8.31. The van der Waals surface area contributed by atoms with E-state index in [1.54, 1.807) is 12.1 Å². The Labute approximate surface area is 174 Å². The molecular formula is C21H22F2N2O4S. The fraction of sp³-hybridized carbons (Fsp3) is 0.381. The number of anilines is 1. The molecule has 160 valence electrons. The number of benzene rings is 2. The number of halogens is 2. The lowest BCUT2D eigenvalue weighted by atomic mass is 10.0. The van der Waals surface area contributed by atoms with Gasteiger partial charge >= 0.3 is 0 Å². The van der Waals surface area contributed by atoms with Crippen molar-refractivity contribution in [2.45, 2.75) is 30.6 Å². The summed E-state index contributed by atoms with van der Waals surface area (Å²) in [5.41, 5.74) is 1.41. The van der Waals surface area contributed by atoms with Gasteiger partial charge in [0.05, 0.1) is 4.90 Å². The standard InChI is InChI=1S/C21H22F2N2O4S/c22-16-5-8-20(18(23)13-16)29-14-21(26)25-11-3-4-15-12-17(6-7-19(15)25)30(27,28)24-9-1-2-10-24/h5-8,12-13H,1-4,9-11,14H2. The van der Waals surface area contributed by atoms with E-state index < -0.39 is 28.3 Å². The van der Waals surface area contributed by atoms with E-state index >= 15 is 0 Å². The van der Waals surface area contributed by atoms with Crippen LogP contribution in [-0.4, -0.2) is 44.9 Å². The Morgan fingerprint density at radius 2 is 1.77 bits per heavy atom. The van der Waals surface area contributed by atoms with Gasteiger partial charge in [-0.1, -0.05) is 0 Å². The average Bonchev–Trinajstić information content (AvgIpc) is 3.28. The molecule has 1 fully saturated rings. The van der Waals surface area contributed by atoms with E-state index in [-0.39, 0.29) is 16.6 Å². The van der Waals surface area contributed by atoms with Crippen LogP contribution in [0.15, 0.2) is 41.3 Å². The van der Waals surface area contributed by atoms with Gasteiger partial charge in [-0.25, -0.2) is 17.2 Å². The highest BCUT2D eigenvalue weighted by molar-refractivity contribution is 7.89. The molecule has 2 aromatic carbocycles. The van der Waals surface area contributed by atoms with Crippen molar-refractivity contribution in [2.24, 2.45) is 0 Å². The van der Waals surface area contributed by atoms with Crippen LogP contribution in [0.25, 0.3) is 0 Å². The summed E-state index contributed by atoms with van der Waals surface area (Å²) >= 11 is 0. The van der Waals surface area contributed by atoms with Gasteiger partial charge in [0.25, 0.3) is 5.91 Å². The Hall–Kier alpha value is -2.52. The van der Waals surface area contributed by atoms with Crippen LogP contribution in [0.4, 0.5) is 14.5 Å². The van der Waals surface area contributed by atoms with Gasteiger partial charge in [0, 0.05) is 31.4 Å². The first-order valence-electron chi connectivity index (χ1n) is 9.87. The summed E-state index contributed by atoms with van der Waals surface area (Å²) in [6, 6.07) is 7.70. The molecule has 0 aliphatic carbocycles. The lowest BCUT2D eigenvalue weighted by Gasteiger charge is -2.30. The van der Waals surface area contributed by atoms with Crippen molar-refractivity contribution >= 4 is 21.6 Å². The van der Waals surface area contributed by atoms with Gasteiger partial charge in [0.1, 0.15) is 5.82 Å². The van der Waals surface area contributed by atoms with Crippen LogP contribution in [0.5, 0.6) is 5.75 Å². The monoisotopic (exact) mass is 436 g/mol. The Kier molecular flexibility index (Phi) is 5.75. The first-order chi connectivity index (χ1) is 14.4. The molecule has 0 atom stereocenters. The van der Waals surface area contributed by atoms with Crippen molar-refractivity contribution in [3.8, 4) is 5.75 Å². The first-order valence-corrected chi connectivity index (χ1v) is 11.3. The average molecular weight is 436 g/mol. The van der Waals surface area contributed by atoms with E-state index in [0.29, 0.717) is 44.2 Å². The van der Waals surface area contributed by atoms with Crippen molar-refractivity contribution in [1.29, 1.82) is 0 Å². The first kappa shape index (κ1) is 20.7. The molecule has 4 rings (SSSR count). The van der Waals surface area contributed by atoms with Gasteiger partial charge in [0.2, 0.25) is 10.0 Å². The summed E-state index contributed by atoms with van der Waals surface area (Å²) in [5, 5.41) is 0. The smallest absolute Gasteiger partial charge is 0.264 e. The number of ether oxygens (including phenoxy) is 1. The lowest BCUT2D eigenvalue weighted by Crippen LogP contribution is -2.39. The molecule has 0 aromatic heterocycles. The summed E-state index contributed by atoms with van der Waals surface area (Å²) in [6.45, 7) is 1.11. The third kappa shape index (κ3) is 4.04. The van der Waals surface area contributed by atoms with Gasteiger partial charge in [-0.05, 0) is 61.6 Å². The molecule has 2 heterocycles. The molecule has 1 saturated heterocycles. The summed E-state index contributed by atoms with van der Waals surface area (Å²) in [5.74, 6) is -2.18.